The zero-order valence-electron chi connectivity index (χ0n) is 16.7. The Bertz CT molecular complexity index is 1180. The van der Waals surface area contributed by atoms with Crippen LogP contribution in [-0.2, 0) is 12.8 Å². The lowest BCUT2D eigenvalue weighted by molar-refractivity contribution is 0.536. The second-order valence-electron chi connectivity index (χ2n) is 7.58. The number of fused-ring (bicyclic) bond motifs is 3. The molecule has 0 saturated heterocycles. The van der Waals surface area contributed by atoms with E-state index in [4.69, 9.17) is 9.97 Å². The smallest absolute Gasteiger partial charge is 0.197 e. The Kier molecular flexibility index (Phi) is 4.83. The molecule has 4 aromatic rings. The van der Waals surface area contributed by atoms with E-state index in [2.05, 4.69) is 33.6 Å². The van der Waals surface area contributed by atoms with Crippen LogP contribution in [0.25, 0.3) is 21.6 Å². The third kappa shape index (κ3) is 3.34. The van der Waals surface area contributed by atoms with Gasteiger partial charge in [0.2, 0.25) is 0 Å². The first-order valence-electron chi connectivity index (χ1n) is 9.94. The molecule has 4 aromatic heterocycles. The molecule has 1 aliphatic carbocycles. The van der Waals surface area contributed by atoms with Crippen LogP contribution in [0.15, 0.2) is 34.7 Å². The maximum atomic E-state index is 4.99. The van der Waals surface area contributed by atoms with Crippen LogP contribution in [0.1, 0.15) is 49.0 Å². The van der Waals surface area contributed by atoms with E-state index >= 15 is 0 Å². The van der Waals surface area contributed by atoms with Crippen LogP contribution < -0.4 is 0 Å². The van der Waals surface area contributed by atoms with Gasteiger partial charge in [-0.05, 0) is 75.9 Å². The molecule has 5 rings (SSSR count). The standard InChI is InChI=1S/C21H22N6S2/c1-12(2)27-13(3)25-26-21(27)29-20-17-15-8-4-5-9-16(15)28-19(17)23-18(24-20)14-7-6-10-22-11-14/h6-7,10-12H,4-5,8-9H2,1-3H3. The molecule has 4 heterocycles. The van der Waals surface area contributed by atoms with E-state index in [1.807, 2.05) is 36.6 Å². The molecule has 0 aliphatic heterocycles. The highest BCUT2D eigenvalue weighted by atomic mass is 32.2. The number of rotatable bonds is 4. The number of aryl methyl sites for hydroxylation is 3. The van der Waals surface area contributed by atoms with Crippen molar-refractivity contribution in [3.05, 3.63) is 40.8 Å². The highest BCUT2D eigenvalue weighted by molar-refractivity contribution is 7.99. The molecule has 0 bridgehead atoms. The van der Waals surface area contributed by atoms with Gasteiger partial charge in [0.1, 0.15) is 15.7 Å². The number of thiophene rings is 1. The first-order chi connectivity index (χ1) is 14.1. The SMILES string of the molecule is Cc1nnc(Sc2nc(-c3cccnc3)nc3sc4c(c23)CCCC4)n1C(C)C. The summed E-state index contributed by atoms with van der Waals surface area (Å²) in [6.07, 6.45) is 8.33. The van der Waals surface area contributed by atoms with E-state index < -0.39 is 0 Å². The summed E-state index contributed by atoms with van der Waals surface area (Å²) in [6, 6.07) is 4.23. The van der Waals surface area contributed by atoms with Crippen molar-refractivity contribution in [2.24, 2.45) is 0 Å². The van der Waals surface area contributed by atoms with E-state index in [-0.39, 0.29) is 0 Å². The number of pyridine rings is 1. The molecule has 1 aliphatic rings. The highest BCUT2D eigenvalue weighted by Gasteiger charge is 2.24. The number of hydrogen-bond donors (Lipinski definition) is 0. The molecule has 0 fully saturated rings. The Morgan fingerprint density at radius 1 is 1.14 bits per heavy atom. The van der Waals surface area contributed by atoms with Gasteiger partial charge in [-0.3, -0.25) is 4.98 Å². The number of nitrogens with zero attached hydrogens (tertiary/aromatic N) is 6. The quantitative estimate of drug-likeness (QED) is 0.418. The molecule has 0 N–H and O–H groups in total. The molecule has 0 atom stereocenters. The van der Waals surface area contributed by atoms with Crippen LogP contribution in [0, 0.1) is 6.92 Å². The number of aromatic nitrogens is 6. The average Bonchev–Trinajstić information content (AvgIpc) is 3.28. The van der Waals surface area contributed by atoms with Crippen molar-refractivity contribution >= 4 is 33.3 Å². The Morgan fingerprint density at radius 2 is 2.00 bits per heavy atom. The maximum Gasteiger partial charge on any atom is 0.197 e. The minimum absolute atomic E-state index is 0.291. The van der Waals surface area contributed by atoms with Crippen LogP contribution in [0.3, 0.4) is 0 Å². The fraction of sp³-hybridized carbons (Fsp3) is 0.381. The van der Waals surface area contributed by atoms with Crippen LogP contribution in [0.5, 0.6) is 0 Å². The molecule has 0 aromatic carbocycles. The molecule has 29 heavy (non-hydrogen) atoms. The van der Waals surface area contributed by atoms with Crippen molar-refractivity contribution in [2.45, 2.75) is 62.7 Å². The molecule has 8 heteroatoms. The first kappa shape index (κ1) is 18.7. The Balaban J connectivity index is 1.71. The summed E-state index contributed by atoms with van der Waals surface area (Å²) in [5.74, 6) is 1.65. The van der Waals surface area contributed by atoms with Gasteiger partial charge in [0.15, 0.2) is 11.0 Å². The minimum atomic E-state index is 0.291. The van der Waals surface area contributed by atoms with Crippen molar-refractivity contribution in [1.82, 2.24) is 29.7 Å². The lowest BCUT2D eigenvalue weighted by atomic mass is 9.97. The van der Waals surface area contributed by atoms with Gasteiger partial charge in [0, 0.05) is 34.3 Å². The second kappa shape index (κ2) is 7.50. The topological polar surface area (TPSA) is 69.4 Å². The van der Waals surface area contributed by atoms with Crippen LogP contribution in [0.4, 0.5) is 0 Å². The lowest BCUT2D eigenvalue weighted by Crippen LogP contribution is -2.05. The molecule has 0 spiro atoms. The molecule has 0 amide bonds. The second-order valence-corrected chi connectivity index (χ2v) is 9.62. The van der Waals surface area contributed by atoms with E-state index in [9.17, 15) is 0 Å². The fourth-order valence-electron chi connectivity index (χ4n) is 3.92. The van der Waals surface area contributed by atoms with E-state index in [1.165, 1.54) is 28.7 Å². The molecular formula is C21H22N6S2. The van der Waals surface area contributed by atoms with Gasteiger partial charge < -0.3 is 4.57 Å². The molecule has 148 valence electrons. The zero-order valence-corrected chi connectivity index (χ0v) is 18.3. The highest BCUT2D eigenvalue weighted by Crippen LogP contribution is 2.42. The average molecular weight is 423 g/mol. The summed E-state index contributed by atoms with van der Waals surface area (Å²) >= 11 is 3.42. The molecular weight excluding hydrogens is 400 g/mol. The van der Waals surface area contributed by atoms with Gasteiger partial charge in [-0.15, -0.1) is 21.5 Å². The molecule has 0 radical (unpaired) electrons. The first-order valence-corrected chi connectivity index (χ1v) is 11.6. The summed E-state index contributed by atoms with van der Waals surface area (Å²) in [7, 11) is 0. The zero-order chi connectivity index (χ0) is 20.0. The fourth-order valence-corrected chi connectivity index (χ4v) is 6.40. The monoisotopic (exact) mass is 422 g/mol. The largest absolute Gasteiger partial charge is 0.303 e. The summed E-state index contributed by atoms with van der Waals surface area (Å²) in [5, 5.41) is 11.8. The van der Waals surface area contributed by atoms with Gasteiger partial charge in [-0.1, -0.05) is 0 Å². The predicted molar refractivity (Wildman–Crippen MR) is 117 cm³/mol. The Hall–Kier alpha value is -2.32. The molecule has 0 saturated carbocycles. The van der Waals surface area contributed by atoms with Gasteiger partial charge >= 0.3 is 0 Å². The van der Waals surface area contributed by atoms with Crippen molar-refractivity contribution in [2.75, 3.05) is 0 Å². The predicted octanol–water partition coefficient (Wildman–Crippen LogP) is 5.26. The van der Waals surface area contributed by atoms with Crippen molar-refractivity contribution in [1.29, 1.82) is 0 Å². The van der Waals surface area contributed by atoms with Gasteiger partial charge in [-0.2, -0.15) is 0 Å². The van der Waals surface area contributed by atoms with Crippen molar-refractivity contribution < 1.29 is 0 Å². The molecule has 6 nitrogen and oxygen atoms in total. The summed E-state index contributed by atoms with van der Waals surface area (Å²) in [4.78, 5) is 16.7. The Labute approximate surface area is 177 Å². The normalized spacial score (nSPS) is 13.9. The van der Waals surface area contributed by atoms with E-state index in [1.54, 1.807) is 18.0 Å². The van der Waals surface area contributed by atoms with E-state index in [0.29, 0.717) is 6.04 Å². The summed E-state index contributed by atoms with van der Waals surface area (Å²) in [5.41, 5.74) is 2.37. The molecule has 0 unspecified atom stereocenters. The van der Waals surface area contributed by atoms with Crippen molar-refractivity contribution in [3.63, 3.8) is 0 Å². The number of hydrogen-bond acceptors (Lipinski definition) is 7. The van der Waals surface area contributed by atoms with Crippen LogP contribution in [0.2, 0.25) is 0 Å². The Morgan fingerprint density at radius 3 is 2.79 bits per heavy atom. The maximum absolute atomic E-state index is 4.99. The summed E-state index contributed by atoms with van der Waals surface area (Å²) in [6.45, 7) is 6.31. The minimum Gasteiger partial charge on any atom is -0.303 e. The van der Waals surface area contributed by atoms with Gasteiger partial charge in [0.25, 0.3) is 0 Å². The van der Waals surface area contributed by atoms with Crippen LogP contribution >= 0.6 is 23.1 Å². The van der Waals surface area contributed by atoms with Crippen molar-refractivity contribution in [3.8, 4) is 11.4 Å². The summed E-state index contributed by atoms with van der Waals surface area (Å²) < 4.78 is 2.17. The van der Waals surface area contributed by atoms with Gasteiger partial charge in [0.05, 0.1) is 0 Å². The lowest BCUT2D eigenvalue weighted by Gasteiger charge is -2.14. The van der Waals surface area contributed by atoms with E-state index in [0.717, 1.165) is 45.1 Å². The van der Waals surface area contributed by atoms with Gasteiger partial charge in [-0.25, -0.2) is 9.97 Å². The third-order valence-electron chi connectivity index (χ3n) is 5.24. The van der Waals surface area contributed by atoms with Crippen LogP contribution in [-0.4, -0.2) is 29.7 Å². The third-order valence-corrected chi connectivity index (χ3v) is 7.38.